The fourth-order valence-electron chi connectivity index (χ4n) is 3.15. The van der Waals surface area contributed by atoms with Crippen LogP contribution in [0.3, 0.4) is 0 Å². The standard InChI is InChI=1S/C18H26N4O2/c1-13-15(12-22(2)21-13)11-20-18(23)14-3-5-16(6-4-14)24-17-7-9-19-10-8-17/h3-5,12,16-17,19H,6-11H2,1-2H3,(H,20,23). The van der Waals surface area contributed by atoms with Crippen LogP contribution in [0.15, 0.2) is 30.0 Å². The lowest BCUT2D eigenvalue weighted by Crippen LogP contribution is -2.34. The van der Waals surface area contributed by atoms with E-state index in [1.165, 1.54) is 0 Å². The zero-order chi connectivity index (χ0) is 16.9. The molecule has 1 fully saturated rings. The van der Waals surface area contributed by atoms with Crippen molar-refractivity contribution in [3.8, 4) is 0 Å². The Kier molecular flexibility index (Phi) is 5.48. The number of nitrogens with zero attached hydrogens (tertiary/aromatic N) is 2. The van der Waals surface area contributed by atoms with E-state index < -0.39 is 0 Å². The molecule has 2 aliphatic rings. The van der Waals surface area contributed by atoms with Gasteiger partial charge in [-0.2, -0.15) is 5.10 Å². The third-order valence-corrected chi connectivity index (χ3v) is 4.53. The Labute approximate surface area is 142 Å². The van der Waals surface area contributed by atoms with Crippen LogP contribution < -0.4 is 10.6 Å². The largest absolute Gasteiger partial charge is 0.370 e. The Morgan fingerprint density at radius 2 is 2.25 bits per heavy atom. The highest BCUT2D eigenvalue weighted by molar-refractivity contribution is 5.96. The zero-order valence-corrected chi connectivity index (χ0v) is 14.4. The second-order valence-corrected chi connectivity index (χ2v) is 6.47. The number of aryl methyl sites for hydroxylation is 2. The lowest BCUT2D eigenvalue weighted by atomic mass is 10.0. The normalized spacial score (nSPS) is 21.6. The molecule has 1 saturated heterocycles. The molecule has 6 nitrogen and oxygen atoms in total. The molecule has 24 heavy (non-hydrogen) atoms. The molecular formula is C18H26N4O2. The molecule has 1 atom stereocenters. The fraction of sp³-hybridized carbons (Fsp3) is 0.556. The predicted molar refractivity (Wildman–Crippen MR) is 92.4 cm³/mol. The van der Waals surface area contributed by atoms with E-state index in [4.69, 9.17) is 4.74 Å². The molecule has 0 spiro atoms. The number of piperidine rings is 1. The molecule has 1 aromatic rings. The first kappa shape index (κ1) is 16.9. The first-order valence-electron chi connectivity index (χ1n) is 8.63. The quantitative estimate of drug-likeness (QED) is 0.856. The van der Waals surface area contributed by atoms with Crippen molar-refractivity contribution >= 4 is 5.91 Å². The summed E-state index contributed by atoms with van der Waals surface area (Å²) in [5.41, 5.74) is 2.70. The number of rotatable bonds is 5. The molecule has 0 radical (unpaired) electrons. The highest BCUT2D eigenvalue weighted by atomic mass is 16.5. The molecule has 2 heterocycles. The summed E-state index contributed by atoms with van der Waals surface area (Å²) in [6.45, 7) is 4.50. The smallest absolute Gasteiger partial charge is 0.251 e. The van der Waals surface area contributed by atoms with Crippen LogP contribution in [-0.4, -0.2) is 41.0 Å². The van der Waals surface area contributed by atoms with Crippen LogP contribution in [0.25, 0.3) is 0 Å². The Bertz CT molecular complexity index is 641. The number of carbonyl (C=O) groups excluding carboxylic acids is 1. The summed E-state index contributed by atoms with van der Waals surface area (Å²) in [5, 5.41) is 10.6. The van der Waals surface area contributed by atoms with Gasteiger partial charge in [0.05, 0.1) is 17.9 Å². The van der Waals surface area contributed by atoms with Gasteiger partial charge in [-0.1, -0.05) is 18.2 Å². The van der Waals surface area contributed by atoms with Gasteiger partial charge in [-0.3, -0.25) is 9.48 Å². The molecule has 6 heteroatoms. The molecule has 1 unspecified atom stereocenters. The Morgan fingerprint density at radius 1 is 1.46 bits per heavy atom. The minimum atomic E-state index is -0.0465. The van der Waals surface area contributed by atoms with Crippen LogP contribution in [0.2, 0.25) is 0 Å². The summed E-state index contributed by atoms with van der Waals surface area (Å²) in [6, 6.07) is 0. The van der Waals surface area contributed by atoms with Gasteiger partial charge in [-0.15, -0.1) is 0 Å². The summed E-state index contributed by atoms with van der Waals surface area (Å²) in [7, 11) is 1.88. The van der Waals surface area contributed by atoms with E-state index in [9.17, 15) is 4.79 Å². The third-order valence-electron chi connectivity index (χ3n) is 4.53. The minimum Gasteiger partial charge on any atom is -0.370 e. The van der Waals surface area contributed by atoms with Gasteiger partial charge in [-0.05, 0) is 39.3 Å². The highest BCUT2D eigenvalue weighted by Crippen LogP contribution is 2.18. The Morgan fingerprint density at radius 3 is 2.88 bits per heavy atom. The van der Waals surface area contributed by atoms with E-state index in [0.29, 0.717) is 18.2 Å². The number of ether oxygens (including phenoxy) is 1. The summed E-state index contributed by atoms with van der Waals surface area (Å²) in [4.78, 5) is 12.3. The van der Waals surface area contributed by atoms with Crippen molar-refractivity contribution in [3.05, 3.63) is 41.3 Å². The number of amides is 1. The summed E-state index contributed by atoms with van der Waals surface area (Å²) in [5.74, 6) is -0.0465. The number of hydrogen-bond acceptors (Lipinski definition) is 4. The molecular weight excluding hydrogens is 304 g/mol. The van der Waals surface area contributed by atoms with Crippen molar-refractivity contribution in [1.29, 1.82) is 0 Å². The van der Waals surface area contributed by atoms with Gasteiger partial charge in [0.1, 0.15) is 0 Å². The van der Waals surface area contributed by atoms with Gasteiger partial charge >= 0.3 is 0 Å². The molecule has 1 amide bonds. The molecule has 2 N–H and O–H groups in total. The van der Waals surface area contributed by atoms with E-state index in [2.05, 4.69) is 15.7 Å². The van der Waals surface area contributed by atoms with Gasteiger partial charge in [0, 0.05) is 30.9 Å². The van der Waals surface area contributed by atoms with Crippen LogP contribution in [0.1, 0.15) is 30.5 Å². The molecule has 0 bridgehead atoms. The number of aromatic nitrogens is 2. The van der Waals surface area contributed by atoms with Crippen molar-refractivity contribution in [3.63, 3.8) is 0 Å². The first-order valence-corrected chi connectivity index (χ1v) is 8.63. The monoisotopic (exact) mass is 330 g/mol. The van der Waals surface area contributed by atoms with Gasteiger partial charge in [-0.25, -0.2) is 0 Å². The topological polar surface area (TPSA) is 68.2 Å². The Hall–Kier alpha value is -1.92. The first-order chi connectivity index (χ1) is 11.6. The highest BCUT2D eigenvalue weighted by Gasteiger charge is 2.20. The zero-order valence-electron chi connectivity index (χ0n) is 14.4. The van der Waals surface area contributed by atoms with Gasteiger partial charge < -0.3 is 15.4 Å². The summed E-state index contributed by atoms with van der Waals surface area (Å²) < 4.78 is 7.86. The van der Waals surface area contributed by atoms with E-state index in [0.717, 1.165) is 43.6 Å². The van der Waals surface area contributed by atoms with Crippen LogP contribution >= 0.6 is 0 Å². The van der Waals surface area contributed by atoms with Crippen LogP contribution in [0.4, 0.5) is 0 Å². The van der Waals surface area contributed by atoms with E-state index in [1.54, 1.807) is 4.68 Å². The van der Waals surface area contributed by atoms with Gasteiger partial charge in [0.2, 0.25) is 0 Å². The number of hydrogen-bond donors (Lipinski definition) is 2. The SMILES string of the molecule is Cc1nn(C)cc1CNC(=O)C1=CCC(OC2CCNCC2)C=C1. The average molecular weight is 330 g/mol. The fourth-order valence-corrected chi connectivity index (χ4v) is 3.15. The average Bonchev–Trinajstić information content (AvgIpc) is 2.92. The predicted octanol–water partition coefficient (Wildman–Crippen LogP) is 1.37. The molecule has 130 valence electrons. The maximum Gasteiger partial charge on any atom is 0.251 e. The minimum absolute atomic E-state index is 0.0465. The second kappa shape index (κ2) is 7.77. The van der Waals surface area contributed by atoms with Crippen molar-refractivity contribution in [1.82, 2.24) is 20.4 Å². The summed E-state index contributed by atoms with van der Waals surface area (Å²) in [6.07, 6.45) is 11.1. The lowest BCUT2D eigenvalue weighted by Gasteiger charge is -2.27. The number of carbonyl (C=O) groups is 1. The molecule has 3 rings (SSSR count). The van der Waals surface area contributed by atoms with E-state index in [1.807, 2.05) is 38.4 Å². The van der Waals surface area contributed by atoms with E-state index >= 15 is 0 Å². The van der Waals surface area contributed by atoms with Crippen molar-refractivity contribution < 1.29 is 9.53 Å². The number of nitrogens with one attached hydrogen (secondary N) is 2. The van der Waals surface area contributed by atoms with Crippen molar-refractivity contribution in [2.75, 3.05) is 13.1 Å². The van der Waals surface area contributed by atoms with E-state index in [-0.39, 0.29) is 12.0 Å². The van der Waals surface area contributed by atoms with Gasteiger partial charge in [0.15, 0.2) is 0 Å². The second-order valence-electron chi connectivity index (χ2n) is 6.47. The maximum absolute atomic E-state index is 12.3. The maximum atomic E-state index is 12.3. The Balaban J connectivity index is 1.46. The molecule has 1 aromatic heterocycles. The summed E-state index contributed by atoms with van der Waals surface area (Å²) >= 11 is 0. The molecule has 0 saturated carbocycles. The third kappa shape index (κ3) is 4.33. The van der Waals surface area contributed by atoms with Gasteiger partial charge in [0.25, 0.3) is 5.91 Å². The van der Waals surface area contributed by atoms with Crippen molar-refractivity contribution in [2.24, 2.45) is 7.05 Å². The molecule has 1 aliphatic carbocycles. The van der Waals surface area contributed by atoms with Crippen molar-refractivity contribution in [2.45, 2.75) is 44.9 Å². The molecule has 1 aliphatic heterocycles. The lowest BCUT2D eigenvalue weighted by molar-refractivity contribution is -0.117. The van der Waals surface area contributed by atoms with Crippen LogP contribution in [0.5, 0.6) is 0 Å². The van der Waals surface area contributed by atoms with Crippen LogP contribution in [0, 0.1) is 6.92 Å². The van der Waals surface area contributed by atoms with Crippen LogP contribution in [-0.2, 0) is 23.1 Å². The molecule has 0 aromatic carbocycles.